The summed E-state index contributed by atoms with van der Waals surface area (Å²) in [4.78, 5) is 2.25. The molecular formula is C8H18N2O. The Morgan fingerprint density at radius 1 is 1.45 bits per heavy atom. The van der Waals surface area contributed by atoms with Gasteiger partial charge in [0.1, 0.15) is 0 Å². The highest BCUT2D eigenvalue weighted by Gasteiger charge is 2.29. The van der Waals surface area contributed by atoms with Crippen LogP contribution in [0.4, 0.5) is 0 Å². The SMILES string of the molecule is CNCC1(O)CCN(C)CC1. The molecule has 0 unspecified atom stereocenters. The molecule has 0 radical (unpaired) electrons. The third-order valence-corrected chi connectivity index (χ3v) is 2.42. The molecule has 1 aliphatic rings. The van der Waals surface area contributed by atoms with Gasteiger partial charge in [-0.15, -0.1) is 0 Å². The summed E-state index contributed by atoms with van der Waals surface area (Å²) < 4.78 is 0. The van der Waals surface area contributed by atoms with E-state index in [9.17, 15) is 5.11 Å². The first-order chi connectivity index (χ1) is 5.16. The van der Waals surface area contributed by atoms with Crippen LogP contribution in [0.3, 0.4) is 0 Å². The minimum absolute atomic E-state index is 0.443. The first-order valence-corrected chi connectivity index (χ1v) is 4.22. The number of likely N-dealkylation sites (N-methyl/N-ethyl adjacent to an activating group) is 1. The van der Waals surface area contributed by atoms with Crippen molar-refractivity contribution in [2.45, 2.75) is 18.4 Å². The number of hydrogen-bond donors (Lipinski definition) is 2. The van der Waals surface area contributed by atoms with E-state index >= 15 is 0 Å². The molecule has 0 saturated carbocycles. The van der Waals surface area contributed by atoms with Gasteiger partial charge in [-0.3, -0.25) is 0 Å². The Bertz CT molecular complexity index is 119. The van der Waals surface area contributed by atoms with Crippen LogP contribution in [-0.4, -0.2) is 49.3 Å². The van der Waals surface area contributed by atoms with Crippen LogP contribution in [0.25, 0.3) is 0 Å². The molecule has 11 heavy (non-hydrogen) atoms. The predicted octanol–water partition coefficient (Wildman–Crippen LogP) is -0.338. The summed E-state index contributed by atoms with van der Waals surface area (Å²) in [6.45, 7) is 2.75. The molecule has 0 aromatic heterocycles. The summed E-state index contributed by atoms with van der Waals surface area (Å²) in [6.07, 6.45) is 1.79. The lowest BCUT2D eigenvalue weighted by molar-refractivity contribution is -0.0129. The van der Waals surface area contributed by atoms with Crippen LogP contribution in [0.2, 0.25) is 0 Å². The Morgan fingerprint density at radius 2 is 2.00 bits per heavy atom. The second kappa shape index (κ2) is 3.52. The molecule has 3 heteroatoms. The van der Waals surface area contributed by atoms with Gasteiger partial charge in [-0.25, -0.2) is 0 Å². The van der Waals surface area contributed by atoms with Gasteiger partial charge in [0.15, 0.2) is 0 Å². The highest BCUT2D eigenvalue weighted by Crippen LogP contribution is 2.19. The fourth-order valence-corrected chi connectivity index (χ4v) is 1.54. The fraction of sp³-hybridized carbons (Fsp3) is 1.00. The summed E-state index contributed by atoms with van der Waals surface area (Å²) in [5.74, 6) is 0. The highest BCUT2D eigenvalue weighted by molar-refractivity contribution is 4.86. The summed E-state index contributed by atoms with van der Waals surface area (Å²) >= 11 is 0. The van der Waals surface area contributed by atoms with Gasteiger partial charge < -0.3 is 15.3 Å². The maximum Gasteiger partial charge on any atom is 0.0795 e. The summed E-state index contributed by atoms with van der Waals surface area (Å²) in [5.41, 5.74) is -0.443. The molecule has 66 valence electrons. The minimum Gasteiger partial charge on any atom is -0.388 e. The zero-order valence-corrected chi connectivity index (χ0v) is 7.43. The van der Waals surface area contributed by atoms with E-state index in [-0.39, 0.29) is 0 Å². The van der Waals surface area contributed by atoms with Crippen LogP contribution >= 0.6 is 0 Å². The third kappa shape index (κ3) is 2.43. The molecule has 0 amide bonds. The maximum absolute atomic E-state index is 9.90. The molecule has 0 spiro atoms. The first kappa shape index (κ1) is 8.97. The highest BCUT2D eigenvalue weighted by atomic mass is 16.3. The van der Waals surface area contributed by atoms with E-state index in [2.05, 4.69) is 17.3 Å². The average Bonchev–Trinajstić information content (AvgIpc) is 1.97. The summed E-state index contributed by atoms with van der Waals surface area (Å²) in [7, 11) is 3.98. The quantitative estimate of drug-likeness (QED) is 0.577. The largest absolute Gasteiger partial charge is 0.388 e. The number of hydrogen-bond acceptors (Lipinski definition) is 3. The molecule has 3 nitrogen and oxygen atoms in total. The van der Waals surface area contributed by atoms with Crippen LogP contribution in [0.5, 0.6) is 0 Å². The standard InChI is InChI=1S/C8H18N2O/c1-9-7-8(11)3-5-10(2)6-4-8/h9,11H,3-7H2,1-2H3. The summed E-state index contributed by atoms with van der Waals surface area (Å²) in [6, 6.07) is 0. The van der Waals surface area contributed by atoms with E-state index in [0.717, 1.165) is 32.5 Å². The molecule has 0 aromatic carbocycles. The zero-order valence-electron chi connectivity index (χ0n) is 7.43. The van der Waals surface area contributed by atoms with Crippen LogP contribution in [0.15, 0.2) is 0 Å². The molecule has 1 aliphatic heterocycles. The van der Waals surface area contributed by atoms with Crippen molar-refractivity contribution in [2.75, 3.05) is 33.7 Å². The fourth-order valence-electron chi connectivity index (χ4n) is 1.54. The lowest BCUT2D eigenvalue weighted by Gasteiger charge is -2.36. The Hall–Kier alpha value is -0.120. The van der Waals surface area contributed by atoms with Crippen molar-refractivity contribution in [3.63, 3.8) is 0 Å². The summed E-state index contributed by atoms with van der Waals surface area (Å²) in [5, 5.41) is 12.9. The number of likely N-dealkylation sites (tertiary alicyclic amines) is 1. The molecule has 0 aromatic rings. The molecule has 0 atom stereocenters. The van der Waals surface area contributed by atoms with Crippen molar-refractivity contribution in [2.24, 2.45) is 0 Å². The average molecular weight is 158 g/mol. The van der Waals surface area contributed by atoms with Crippen molar-refractivity contribution < 1.29 is 5.11 Å². The van der Waals surface area contributed by atoms with Gasteiger partial charge in [0.05, 0.1) is 5.60 Å². The first-order valence-electron chi connectivity index (χ1n) is 4.22. The number of aliphatic hydroxyl groups is 1. The molecular weight excluding hydrogens is 140 g/mol. The zero-order chi connectivity index (χ0) is 8.32. The second-order valence-corrected chi connectivity index (χ2v) is 3.56. The topological polar surface area (TPSA) is 35.5 Å². The number of nitrogens with one attached hydrogen (secondary N) is 1. The van der Waals surface area contributed by atoms with Gasteiger partial charge in [-0.2, -0.15) is 0 Å². The predicted molar refractivity (Wildman–Crippen MR) is 45.6 cm³/mol. The maximum atomic E-state index is 9.90. The minimum atomic E-state index is -0.443. The molecule has 1 heterocycles. The molecule has 2 N–H and O–H groups in total. The van der Waals surface area contributed by atoms with E-state index in [1.54, 1.807) is 0 Å². The van der Waals surface area contributed by atoms with Crippen molar-refractivity contribution in [1.29, 1.82) is 0 Å². The molecule has 0 aliphatic carbocycles. The normalized spacial score (nSPS) is 25.4. The number of nitrogens with zero attached hydrogens (tertiary/aromatic N) is 1. The van der Waals surface area contributed by atoms with Gasteiger partial charge in [-0.05, 0) is 26.9 Å². The van der Waals surface area contributed by atoms with E-state index in [0.29, 0.717) is 0 Å². The molecule has 1 fully saturated rings. The van der Waals surface area contributed by atoms with Crippen molar-refractivity contribution in [3.05, 3.63) is 0 Å². The van der Waals surface area contributed by atoms with Gasteiger partial charge in [0.2, 0.25) is 0 Å². The van der Waals surface area contributed by atoms with E-state index in [4.69, 9.17) is 0 Å². The van der Waals surface area contributed by atoms with Crippen LogP contribution in [0, 0.1) is 0 Å². The Kier molecular flexibility index (Phi) is 2.87. The molecule has 0 bridgehead atoms. The monoisotopic (exact) mass is 158 g/mol. The van der Waals surface area contributed by atoms with Crippen molar-refractivity contribution >= 4 is 0 Å². The lowest BCUT2D eigenvalue weighted by atomic mass is 9.92. The Labute approximate surface area is 68.4 Å². The molecule has 1 saturated heterocycles. The van der Waals surface area contributed by atoms with Crippen LogP contribution < -0.4 is 5.32 Å². The van der Waals surface area contributed by atoms with E-state index in [1.165, 1.54) is 0 Å². The van der Waals surface area contributed by atoms with Gasteiger partial charge in [0, 0.05) is 19.6 Å². The van der Waals surface area contributed by atoms with Crippen molar-refractivity contribution in [3.8, 4) is 0 Å². The second-order valence-electron chi connectivity index (χ2n) is 3.56. The third-order valence-electron chi connectivity index (χ3n) is 2.42. The van der Waals surface area contributed by atoms with E-state index < -0.39 is 5.60 Å². The van der Waals surface area contributed by atoms with Crippen molar-refractivity contribution in [1.82, 2.24) is 10.2 Å². The Morgan fingerprint density at radius 3 is 2.45 bits per heavy atom. The van der Waals surface area contributed by atoms with Gasteiger partial charge in [0.25, 0.3) is 0 Å². The number of piperidine rings is 1. The smallest absolute Gasteiger partial charge is 0.0795 e. The number of rotatable bonds is 2. The van der Waals surface area contributed by atoms with Gasteiger partial charge >= 0.3 is 0 Å². The Balaban J connectivity index is 2.35. The van der Waals surface area contributed by atoms with Gasteiger partial charge in [-0.1, -0.05) is 0 Å². The lowest BCUT2D eigenvalue weighted by Crippen LogP contribution is -2.48. The molecule has 1 rings (SSSR count). The van der Waals surface area contributed by atoms with Crippen LogP contribution in [0.1, 0.15) is 12.8 Å². The van der Waals surface area contributed by atoms with E-state index in [1.807, 2.05) is 7.05 Å². The van der Waals surface area contributed by atoms with Crippen LogP contribution in [-0.2, 0) is 0 Å².